The van der Waals surface area contributed by atoms with Crippen molar-refractivity contribution >= 4 is 35.0 Å². The van der Waals surface area contributed by atoms with E-state index in [1.807, 2.05) is 55.5 Å². The normalized spacial score (nSPS) is 13.4. The molecule has 11 heteroatoms. The summed E-state index contributed by atoms with van der Waals surface area (Å²) in [6.45, 7) is 4.44. The number of nitrogens with zero attached hydrogens (tertiary/aromatic N) is 6. The van der Waals surface area contributed by atoms with Crippen molar-refractivity contribution in [1.82, 2.24) is 25.1 Å². The van der Waals surface area contributed by atoms with Crippen molar-refractivity contribution < 1.29 is 14.0 Å². The van der Waals surface area contributed by atoms with E-state index in [0.29, 0.717) is 42.6 Å². The summed E-state index contributed by atoms with van der Waals surface area (Å²) in [6.07, 6.45) is 0. The number of carbonyl (C=O) groups is 2. The molecule has 5 rings (SSSR count). The number of tetrazole rings is 1. The number of anilines is 2. The van der Waals surface area contributed by atoms with Gasteiger partial charge in [-0.05, 0) is 71.9 Å². The molecule has 0 bridgehead atoms. The lowest BCUT2D eigenvalue weighted by atomic mass is 10.1. The third-order valence-corrected chi connectivity index (χ3v) is 7.13. The van der Waals surface area contributed by atoms with E-state index in [-0.39, 0.29) is 17.6 Å². The number of rotatable bonds is 7. The van der Waals surface area contributed by atoms with Gasteiger partial charge in [0.05, 0.1) is 11.4 Å². The number of benzene rings is 3. The molecule has 0 atom stereocenters. The first-order valence-electron chi connectivity index (χ1n) is 12.1. The van der Waals surface area contributed by atoms with Gasteiger partial charge in [0.2, 0.25) is 11.1 Å². The van der Waals surface area contributed by atoms with E-state index in [4.69, 9.17) is 0 Å². The lowest BCUT2D eigenvalue weighted by molar-refractivity contribution is -0.113. The maximum absolute atomic E-state index is 13.5. The lowest BCUT2D eigenvalue weighted by Gasteiger charge is -2.36. The highest BCUT2D eigenvalue weighted by Crippen LogP contribution is 2.22. The Balaban J connectivity index is 1.11. The van der Waals surface area contributed by atoms with Crippen LogP contribution in [0.25, 0.3) is 5.69 Å². The highest BCUT2D eigenvalue weighted by molar-refractivity contribution is 7.99. The third kappa shape index (κ3) is 6.00. The smallest absolute Gasteiger partial charge is 0.254 e. The van der Waals surface area contributed by atoms with Gasteiger partial charge >= 0.3 is 0 Å². The molecular weight excluding hydrogens is 505 g/mol. The van der Waals surface area contributed by atoms with E-state index in [0.717, 1.165) is 16.9 Å². The number of aryl methyl sites for hydroxylation is 1. The monoisotopic (exact) mass is 531 g/mol. The zero-order chi connectivity index (χ0) is 26.5. The van der Waals surface area contributed by atoms with Crippen LogP contribution in [0.2, 0.25) is 0 Å². The first-order valence-corrected chi connectivity index (χ1v) is 13.1. The van der Waals surface area contributed by atoms with Crippen molar-refractivity contribution in [3.05, 3.63) is 89.7 Å². The fourth-order valence-corrected chi connectivity index (χ4v) is 4.86. The summed E-state index contributed by atoms with van der Waals surface area (Å²) in [5.41, 5.74) is 4.03. The Labute approximate surface area is 223 Å². The molecule has 1 aliphatic rings. The molecule has 0 radical (unpaired) electrons. The molecule has 2 heterocycles. The number of amides is 2. The van der Waals surface area contributed by atoms with Crippen LogP contribution < -0.4 is 10.2 Å². The van der Waals surface area contributed by atoms with E-state index in [9.17, 15) is 14.0 Å². The molecular formula is C27H26FN7O2S. The summed E-state index contributed by atoms with van der Waals surface area (Å²) in [6, 6.07) is 21.2. The van der Waals surface area contributed by atoms with Gasteiger partial charge in [-0.1, -0.05) is 35.5 Å². The van der Waals surface area contributed by atoms with Gasteiger partial charge in [0.15, 0.2) is 0 Å². The van der Waals surface area contributed by atoms with Crippen LogP contribution in [0, 0.1) is 12.7 Å². The lowest BCUT2D eigenvalue weighted by Crippen LogP contribution is -2.48. The van der Waals surface area contributed by atoms with Crippen molar-refractivity contribution in [3.8, 4) is 5.69 Å². The minimum absolute atomic E-state index is 0.159. The average Bonchev–Trinajstić information content (AvgIpc) is 3.41. The summed E-state index contributed by atoms with van der Waals surface area (Å²) in [7, 11) is 0. The summed E-state index contributed by atoms with van der Waals surface area (Å²) < 4.78 is 15.1. The van der Waals surface area contributed by atoms with Crippen molar-refractivity contribution in [3.63, 3.8) is 0 Å². The van der Waals surface area contributed by atoms with Crippen molar-refractivity contribution in [2.24, 2.45) is 0 Å². The molecule has 9 nitrogen and oxygen atoms in total. The Kier molecular flexibility index (Phi) is 7.64. The van der Waals surface area contributed by atoms with E-state index in [1.165, 1.54) is 23.9 Å². The van der Waals surface area contributed by atoms with Gasteiger partial charge < -0.3 is 15.1 Å². The van der Waals surface area contributed by atoms with Crippen LogP contribution in [0.4, 0.5) is 15.8 Å². The maximum atomic E-state index is 13.5. The Hall–Kier alpha value is -4.25. The number of hydrogen-bond donors (Lipinski definition) is 1. The number of nitrogens with one attached hydrogen (secondary N) is 1. The largest absolute Gasteiger partial charge is 0.368 e. The van der Waals surface area contributed by atoms with Crippen LogP contribution in [0.15, 0.2) is 78.0 Å². The van der Waals surface area contributed by atoms with Crippen molar-refractivity contribution in [2.75, 3.05) is 42.1 Å². The topological polar surface area (TPSA) is 96.2 Å². The molecule has 38 heavy (non-hydrogen) atoms. The predicted molar refractivity (Wildman–Crippen MR) is 144 cm³/mol. The highest BCUT2D eigenvalue weighted by Gasteiger charge is 2.22. The minimum Gasteiger partial charge on any atom is -0.368 e. The summed E-state index contributed by atoms with van der Waals surface area (Å²) in [4.78, 5) is 29.1. The number of aromatic nitrogens is 4. The van der Waals surface area contributed by atoms with Crippen molar-refractivity contribution in [2.45, 2.75) is 12.1 Å². The second kappa shape index (κ2) is 11.4. The average molecular weight is 532 g/mol. The fourth-order valence-electron chi connectivity index (χ4n) is 4.17. The maximum Gasteiger partial charge on any atom is 0.254 e. The Bertz CT molecular complexity index is 1420. The fraction of sp³-hybridized carbons (Fsp3) is 0.222. The molecule has 3 aromatic carbocycles. The second-order valence-electron chi connectivity index (χ2n) is 8.88. The summed E-state index contributed by atoms with van der Waals surface area (Å²) in [5.74, 6) is -0.573. The van der Waals surface area contributed by atoms with Crippen molar-refractivity contribution in [1.29, 1.82) is 0 Å². The van der Waals surface area contributed by atoms with Gasteiger partial charge in [0.1, 0.15) is 5.82 Å². The van der Waals surface area contributed by atoms with Crippen LogP contribution in [0.5, 0.6) is 0 Å². The Morgan fingerprint density at radius 1 is 0.947 bits per heavy atom. The van der Waals surface area contributed by atoms with Crippen LogP contribution in [0.1, 0.15) is 15.9 Å². The van der Waals surface area contributed by atoms with E-state index in [2.05, 4.69) is 25.7 Å². The van der Waals surface area contributed by atoms with Gasteiger partial charge in [-0.2, -0.15) is 4.68 Å². The Morgan fingerprint density at radius 2 is 1.66 bits per heavy atom. The van der Waals surface area contributed by atoms with Crippen LogP contribution >= 0.6 is 11.8 Å². The molecule has 1 aliphatic heterocycles. The van der Waals surface area contributed by atoms with Gasteiger partial charge in [-0.3, -0.25) is 9.59 Å². The number of thioether (sulfide) groups is 1. The standard InChI is InChI=1S/C27H26FN7O2S/c1-19-5-9-24(10-6-19)35-27(30-31-32-35)38-18-25(36)29-22-7-11-23(12-8-22)33-13-15-34(16-14-33)26(37)20-3-2-4-21(28)17-20/h2-12,17H,13-16,18H2,1H3,(H,29,36). The molecule has 1 saturated heterocycles. The number of halogens is 1. The molecule has 194 valence electrons. The number of carbonyl (C=O) groups excluding carboxylic acids is 2. The third-order valence-electron chi connectivity index (χ3n) is 6.21. The molecule has 1 N–H and O–H groups in total. The van der Waals surface area contributed by atoms with Crippen LogP contribution in [0.3, 0.4) is 0 Å². The van der Waals surface area contributed by atoms with E-state index >= 15 is 0 Å². The number of piperazine rings is 1. The van der Waals surface area contributed by atoms with Crippen LogP contribution in [-0.2, 0) is 4.79 Å². The second-order valence-corrected chi connectivity index (χ2v) is 9.82. The predicted octanol–water partition coefficient (Wildman–Crippen LogP) is 3.80. The van der Waals surface area contributed by atoms with E-state index in [1.54, 1.807) is 21.7 Å². The van der Waals surface area contributed by atoms with Gasteiger partial charge in [-0.15, -0.1) is 5.10 Å². The number of hydrogen-bond acceptors (Lipinski definition) is 7. The molecule has 2 amide bonds. The molecule has 4 aromatic rings. The zero-order valence-electron chi connectivity index (χ0n) is 20.7. The zero-order valence-corrected chi connectivity index (χ0v) is 21.6. The summed E-state index contributed by atoms with van der Waals surface area (Å²) >= 11 is 1.26. The van der Waals surface area contributed by atoms with Crippen LogP contribution in [-0.4, -0.2) is 68.9 Å². The minimum atomic E-state index is -0.414. The van der Waals surface area contributed by atoms with Gasteiger partial charge in [-0.25, -0.2) is 4.39 Å². The Morgan fingerprint density at radius 3 is 2.37 bits per heavy atom. The molecule has 1 aromatic heterocycles. The molecule has 0 spiro atoms. The first-order chi connectivity index (χ1) is 18.5. The van der Waals surface area contributed by atoms with Gasteiger partial charge in [0.25, 0.3) is 5.91 Å². The molecule has 0 aliphatic carbocycles. The quantitative estimate of drug-likeness (QED) is 0.363. The van der Waals surface area contributed by atoms with E-state index < -0.39 is 5.82 Å². The summed E-state index contributed by atoms with van der Waals surface area (Å²) in [5, 5.41) is 15.2. The highest BCUT2D eigenvalue weighted by atomic mass is 32.2. The van der Waals surface area contributed by atoms with Gasteiger partial charge in [0, 0.05) is 43.1 Å². The first kappa shape index (κ1) is 25.4. The molecule has 0 saturated carbocycles. The SMILES string of the molecule is Cc1ccc(-n2nnnc2SCC(=O)Nc2ccc(N3CCN(C(=O)c4cccc(F)c4)CC3)cc2)cc1. The molecule has 1 fully saturated rings. The molecule has 0 unspecified atom stereocenters.